The predicted molar refractivity (Wildman–Crippen MR) is 71.5 cm³/mol. The fourth-order valence-corrected chi connectivity index (χ4v) is 2.85. The van der Waals surface area contributed by atoms with E-state index < -0.39 is 0 Å². The van der Waals surface area contributed by atoms with Crippen LogP contribution in [-0.4, -0.2) is 19.7 Å². The highest BCUT2D eigenvalue weighted by Gasteiger charge is 2.25. The Morgan fingerprint density at radius 2 is 2.00 bits per heavy atom. The standard InChI is InChI=1S/C15H23NO/c1-3-17-14-9-7-12(8-10-14)11-13-5-4-6-15(13)16-2/h7-10,13,15-16H,3-6,11H2,1-2H3. The maximum Gasteiger partial charge on any atom is 0.119 e. The van der Waals surface area contributed by atoms with E-state index >= 15 is 0 Å². The molecule has 2 nitrogen and oxygen atoms in total. The highest BCUT2D eigenvalue weighted by atomic mass is 16.5. The molecule has 2 unspecified atom stereocenters. The van der Waals surface area contributed by atoms with Gasteiger partial charge in [0, 0.05) is 6.04 Å². The maximum atomic E-state index is 5.46. The SMILES string of the molecule is CCOc1ccc(CC2CCCC2NC)cc1. The molecule has 0 saturated heterocycles. The monoisotopic (exact) mass is 233 g/mol. The summed E-state index contributed by atoms with van der Waals surface area (Å²) in [6, 6.07) is 9.29. The summed E-state index contributed by atoms with van der Waals surface area (Å²) < 4.78 is 5.46. The van der Waals surface area contributed by atoms with Gasteiger partial charge in [-0.15, -0.1) is 0 Å². The lowest BCUT2D eigenvalue weighted by Gasteiger charge is -2.19. The number of hydrogen-bond donors (Lipinski definition) is 1. The Morgan fingerprint density at radius 3 is 2.65 bits per heavy atom. The minimum Gasteiger partial charge on any atom is -0.494 e. The number of hydrogen-bond acceptors (Lipinski definition) is 2. The molecule has 1 aliphatic rings. The van der Waals surface area contributed by atoms with E-state index in [4.69, 9.17) is 4.74 Å². The quantitative estimate of drug-likeness (QED) is 0.844. The van der Waals surface area contributed by atoms with Crippen LogP contribution in [0.3, 0.4) is 0 Å². The Balaban J connectivity index is 1.94. The normalized spacial score (nSPS) is 23.9. The van der Waals surface area contributed by atoms with Crippen LogP contribution in [0.25, 0.3) is 0 Å². The van der Waals surface area contributed by atoms with Crippen LogP contribution in [0.15, 0.2) is 24.3 Å². The summed E-state index contributed by atoms with van der Waals surface area (Å²) in [6.07, 6.45) is 5.25. The Kier molecular flexibility index (Phi) is 4.43. The van der Waals surface area contributed by atoms with Gasteiger partial charge < -0.3 is 10.1 Å². The van der Waals surface area contributed by atoms with Gasteiger partial charge in [-0.25, -0.2) is 0 Å². The molecule has 94 valence electrons. The van der Waals surface area contributed by atoms with Crippen LogP contribution in [0.1, 0.15) is 31.7 Å². The molecule has 1 saturated carbocycles. The molecule has 1 fully saturated rings. The second-order valence-electron chi connectivity index (χ2n) is 4.87. The average Bonchev–Trinajstić information content (AvgIpc) is 2.79. The van der Waals surface area contributed by atoms with Gasteiger partial charge >= 0.3 is 0 Å². The van der Waals surface area contributed by atoms with Crippen LogP contribution in [0.4, 0.5) is 0 Å². The smallest absolute Gasteiger partial charge is 0.119 e. The number of rotatable bonds is 5. The third-order valence-electron chi connectivity index (χ3n) is 3.76. The third kappa shape index (κ3) is 3.22. The summed E-state index contributed by atoms with van der Waals surface area (Å²) in [5, 5.41) is 3.44. The van der Waals surface area contributed by atoms with Gasteiger partial charge in [0.05, 0.1) is 6.61 Å². The Labute approximate surface area is 104 Å². The highest BCUT2D eigenvalue weighted by Crippen LogP contribution is 2.29. The zero-order valence-electron chi connectivity index (χ0n) is 10.9. The zero-order valence-corrected chi connectivity index (χ0v) is 10.9. The van der Waals surface area contributed by atoms with Crippen molar-refractivity contribution >= 4 is 0 Å². The summed E-state index contributed by atoms with van der Waals surface area (Å²) in [5.41, 5.74) is 1.43. The molecular weight excluding hydrogens is 210 g/mol. The molecule has 17 heavy (non-hydrogen) atoms. The minimum atomic E-state index is 0.710. The van der Waals surface area contributed by atoms with Crippen LogP contribution >= 0.6 is 0 Å². The molecule has 0 aromatic heterocycles. The number of ether oxygens (including phenoxy) is 1. The van der Waals surface area contributed by atoms with Crippen LogP contribution in [0, 0.1) is 5.92 Å². The number of benzene rings is 1. The van der Waals surface area contributed by atoms with E-state index in [0.29, 0.717) is 6.04 Å². The first-order valence-corrected chi connectivity index (χ1v) is 6.72. The molecular formula is C15H23NO. The van der Waals surface area contributed by atoms with E-state index in [1.807, 2.05) is 6.92 Å². The highest BCUT2D eigenvalue weighted by molar-refractivity contribution is 5.27. The van der Waals surface area contributed by atoms with Gasteiger partial charge in [0.15, 0.2) is 0 Å². The molecule has 0 bridgehead atoms. The van der Waals surface area contributed by atoms with Crippen LogP contribution in [0.5, 0.6) is 5.75 Å². The molecule has 0 heterocycles. The maximum absolute atomic E-state index is 5.46. The topological polar surface area (TPSA) is 21.3 Å². The van der Waals surface area contributed by atoms with Crippen molar-refractivity contribution in [2.24, 2.45) is 5.92 Å². The fraction of sp³-hybridized carbons (Fsp3) is 0.600. The van der Waals surface area contributed by atoms with Crippen LogP contribution in [-0.2, 0) is 6.42 Å². The molecule has 0 amide bonds. The summed E-state index contributed by atoms with van der Waals surface area (Å²) in [7, 11) is 2.08. The molecule has 1 N–H and O–H groups in total. The van der Waals surface area contributed by atoms with Gasteiger partial charge in [0.2, 0.25) is 0 Å². The van der Waals surface area contributed by atoms with Crippen molar-refractivity contribution in [3.05, 3.63) is 29.8 Å². The first kappa shape index (κ1) is 12.4. The van der Waals surface area contributed by atoms with Crippen molar-refractivity contribution in [3.63, 3.8) is 0 Å². The van der Waals surface area contributed by atoms with E-state index in [0.717, 1.165) is 18.3 Å². The van der Waals surface area contributed by atoms with Gasteiger partial charge in [-0.05, 0) is 56.8 Å². The average molecular weight is 233 g/mol. The van der Waals surface area contributed by atoms with Crippen LogP contribution < -0.4 is 10.1 Å². The third-order valence-corrected chi connectivity index (χ3v) is 3.76. The van der Waals surface area contributed by atoms with E-state index in [1.165, 1.54) is 31.2 Å². The lowest BCUT2D eigenvalue weighted by Crippen LogP contribution is -2.29. The largest absolute Gasteiger partial charge is 0.494 e. The lowest BCUT2D eigenvalue weighted by atomic mass is 9.95. The van der Waals surface area contributed by atoms with Gasteiger partial charge in [-0.2, -0.15) is 0 Å². The van der Waals surface area contributed by atoms with E-state index in [2.05, 4.69) is 36.6 Å². The van der Waals surface area contributed by atoms with Gasteiger partial charge in [-0.3, -0.25) is 0 Å². The van der Waals surface area contributed by atoms with Crippen molar-refractivity contribution in [2.45, 2.75) is 38.6 Å². The summed E-state index contributed by atoms with van der Waals surface area (Å²) in [4.78, 5) is 0. The molecule has 0 spiro atoms. The summed E-state index contributed by atoms with van der Waals surface area (Å²) >= 11 is 0. The van der Waals surface area contributed by atoms with Crippen molar-refractivity contribution < 1.29 is 4.74 Å². The van der Waals surface area contributed by atoms with E-state index in [1.54, 1.807) is 0 Å². The van der Waals surface area contributed by atoms with Gasteiger partial charge in [-0.1, -0.05) is 18.6 Å². The Morgan fingerprint density at radius 1 is 1.24 bits per heavy atom. The molecule has 2 rings (SSSR count). The van der Waals surface area contributed by atoms with Crippen LogP contribution in [0.2, 0.25) is 0 Å². The molecule has 0 aliphatic heterocycles. The molecule has 2 atom stereocenters. The predicted octanol–water partition coefficient (Wildman–Crippen LogP) is 3.02. The van der Waals surface area contributed by atoms with Gasteiger partial charge in [0.1, 0.15) is 5.75 Å². The van der Waals surface area contributed by atoms with Crippen molar-refractivity contribution in [1.82, 2.24) is 5.32 Å². The lowest BCUT2D eigenvalue weighted by molar-refractivity contribution is 0.340. The first-order valence-electron chi connectivity index (χ1n) is 6.72. The van der Waals surface area contributed by atoms with Crippen molar-refractivity contribution in [2.75, 3.05) is 13.7 Å². The summed E-state index contributed by atoms with van der Waals surface area (Å²) in [5.74, 6) is 1.78. The molecule has 0 radical (unpaired) electrons. The molecule has 1 aromatic rings. The summed E-state index contributed by atoms with van der Waals surface area (Å²) in [6.45, 7) is 2.76. The molecule has 1 aromatic carbocycles. The molecule has 1 aliphatic carbocycles. The molecule has 2 heteroatoms. The zero-order chi connectivity index (χ0) is 12.1. The number of nitrogens with one attached hydrogen (secondary N) is 1. The fourth-order valence-electron chi connectivity index (χ4n) is 2.85. The first-order chi connectivity index (χ1) is 8.33. The second-order valence-corrected chi connectivity index (χ2v) is 4.87. The Hall–Kier alpha value is -1.02. The second kappa shape index (κ2) is 6.06. The van der Waals surface area contributed by atoms with Crippen molar-refractivity contribution in [1.29, 1.82) is 0 Å². The minimum absolute atomic E-state index is 0.710. The Bertz CT molecular complexity index is 333. The van der Waals surface area contributed by atoms with E-state index in [-0.39, 0.29) is 0 Å². The van der Waals surface area contributed by atoms with Gasteiger partial charge in [0.25, 0.3) is 0 Å². The van der Waals surface area contributed by atoms with Crippen molar-refractivity contribution in [3.8, 4) is 5.75 Å². The van der Waals surface area contributed by atoms with E-state index in [9.17, 15) is 0 Å².